The highest BCUT2D eigenvalue weighted by molar-refractivity contribution is 6.74. The van der Waals surface area contributed by atoms with E-state index in [0.29, 0.717) is 43.3 Å². The molecule has 6 heterocycles. The van der Waals surface area contributed by atoms with Crippen LogP contribution in [0.25, 0.3) is 0 Å². The summed E-state index contributed by atoms with van der Waals surface area (Å²) in [6.07, 6.45) is 9.05. The van der Waals surface area contributed by atoms with Crippen LogP contribution in [0.4, 0.5) is 15.9 Å². The van der Waals surface area contributed by atoms with Crippen LogP contribution in [0.2, 0.25) is 18.1 Å². The van der Waals surface area contributed by atoms with Crippen molar-refractivity contribution >= 4 is 19.8 Å². The van der Waals surface area contributed by atoms with Crippen LogP contribution in [0.5, 0.6) is 5.88 Å². The Morgan fingerprint density at radius 2 is 1.87 bits per heavy atom. The lowest BCUT2D eigenvalue weighted by molar-refractivity contribution is -0.177. The normalized spacial score (nSPS) is 28.9. The van der Waals surface area contributed by atoms with Crippen molar-refractivity contribution in [3.8, 4) is 5.88 Å². The van der Waals surface area contributed by atoms with Gasteiger partial charge in [0.2, 0.25) is 5.88 Å². The van der Waals surface area contributed by atoms with Crippen LogP contribution in [0, 0.1) is 11.8 Å². The predicted molar refractivity (Wildman–Crippen MR) is 220 cm³/mol. The summed E-state index contributed by atoms with van der Waals surface area (Å²) in [6, 6.07) is 13.1. The molecule has 3 aromatic rings. The topological polar surface area (TPSA) is 102 Å². The van der Waals surface area contributed by atoms with Crippen LogP contribution in [0.3, 0.4) is 0 Å². The van der Waals surface area contributed by atoms with E-state index in [1.165, 1.54) is 5.56 Å². The lowest BCUT2D eigenvalue weighted by atomic mass is 9.66. The molecule has 3 aromatic heterocycles. The Balaban J connectivity index is 1.06. The zero-order valence-corrected chi connectivity index (χ0v) is 35.2. The Hall–Kier alpha value is -3.16. The Kier molecular flexibility index (Phi) is 12.2. The van der Waals surface area contributed by atoms with Crippen LogP contribution in [0.15, 0.2) is 55.0 Å². The van der Waals surface area contributed by atoms with Gasteiger partial charge in [0.15, 0.2) is 8.32 Å². The Morgan fingerprint density at radius 1 is 1.04 bits per heavy atom. The van der Waals surface area contributed by atoms with E-state index in [0.717, 1.165) is 75.4 Å². The second-order valence-electron chi connectivity index (χ2n) is 18.2. The van der Waals surface area contributed by atoms with Gasteiger partial charge in [-0.2, -0.15) is 0 Å². The summed E-state index contributed by atoms with van der Waals surface area (Å²) in [7, 11) is -0.142. The molecule has 300 valence electrons. The maximum atomic E-state index is 16.6. The molecule has 8 atom stereocenters. The zero-order valence-electron chi connectivity index (χ0n) is 34.2. The molecule has 0 spiro atoms. The predicted octanol–water partition coefficient (Wildman–Crippen LogP) is 7.12. The number of hydrogen-bond donors (Lipinski definition) is 1. The number of nitrogens with two attached hydrogens (primary N) is 1. The number of halogens is 1. The average Bonchev–Trinajstić information content (AvgIpc) is 3.16. The third-order valence-corrected chi connectivity index (χ3v) is 18.0. The van der Waals surface area contributed by atoms with E-state index >= 15 is 4.39 Å². The number of hydrogen-bond acceptors (Lipinski definition) is 10. The van der Waals surface area contributed by atoms with Gasteiger partial charge in [-0.25, -0.2) is 14.4 Å². The first-order valence-electron chi connectivity index (χ1n) is 20.6. The van der Waals surface area contributed by atoms with Crippen LogP contribution < -0.4 is 15.4 Å². The molecule has 3 aliphatic heterocycles. The number of rotatable bonds is 12. The van der Waals surface area contributed by atoms with Crippen molar-refractivity contribution in [2.24, 2.45) is 11.8 Å². The molecule has 12 heteroatoms. The quantitative estimate of drug-likeness (QED) is 0.192. The van der Waals surface area contributed by atoms with Gasteiger partial charge in [-0.1, -0.05) is 26.8 Å². The smallest absolute Gasteiger partial charge is 0.213 e. The zero-order chi connectivity index (χ0) is 38.9. The summed E-state index contributed by atoms with van der Waals surface area (Å²) in [4.78, 5) is 21.5. The van der Waals surface area contributed by atoms with Gasteiger partial charge in [0.1, 0.15) is 12.0 Å². The van der Waals surface area contributed by atoms with E-state index in [-0.39, 0.29) is 35.1 Å². The van der Waals surface area contributed by atoms with Crippen molar-refractivity contribution in [2.45, 2.75) is 121 Å². The molecule has 2 N–H and O–H groups in total. The molecule has 1 aliphatic carbocycles. The largest absolute Gasteiger partial charge is 0.481 e. The summed E-state index contributed by atoms with van der Waals surface area (Å²) in [5.41, 5.74) is 10.2. The van der Waals surface area contributed by atoms with Gasteiger partial charge in [0.05, 0.1) is 37.6 Å². The van der Waals surface area contributed by atoms with Crippen molar-refractivity contribution < 1.29 is 18.3 Å². The number of methoxy groups -OCH3 is 1. The Labute approximate surface area is 329 Å². The molecule has 0 bridgehead atoms. The maximum Gasteiger partial charge on any atom is 0.213 e. The van der Waals surface area contributed by atoms with Crippen molar-refractivity contribution in [1.29, 1.82) is 0 Å². The molecular formula is C43H64FN7O3Si. The van der Waals surface area contributed by atoms with Crippen molar-refractivity contribution in [3.63, 3.8) is 0 Å². The van der Waals surface area contributed by atoms with Crippen LogP contribution in [-0.2, 0) is 22.1 Å². The highest BCUT2D eigenvalue weighted by Crippen LogP contribution is 2.48. The van der Waals surface area contributed by atoms with Crippen molar-refractivity contribution in [3.05, 3.63) is 71.8 Å². The van der Waals surface area contributed by atoms with Gasteiger partial charge in [0, 0.05) is 81.6 Å². The lowest BCUT2D eigenvalue weighted by Crippen LogP contribution is -2.67. The van der Waals surface area contributed by atoms with E-state index in [1.54, 1.807) is 7.11 Å². The number of alkyl halides is 1. The van der Waals surface area contributed by atoms with E-state index < -0.39 is 14.5 Å². The van der Waals surface area contributed by atoms with E-state index in [1.807, 2.05) is 24.7 Å². The number of pyridine rings is 3. The highest BCUT2D eigenvalue weighted by Gasteiger charge is 2.55. The molecule has 0 amide bonds. The lowest BCUT2D eigenvalue weighted by Gasteiger charge is -2.58. The summed E-state index contributed by atoms with van der Waals surface area (Å²) in [6.45, 7) is 19.6. The molecule has 7 unspecified atom stereocenters. The summed E-state index contributed by atoms with van der Waals surface area (Å²) in [5.74, 6) is 1.46. The van der Waals surface area contributed by atoms with E-state index in [4.69, 9.17) is 24.6 Å². The number of ether oxygens (including phenoxy) is 2. The van der Waals surface area contributed by atoms with Crippen LogP contribution in [-0.4, -0.2) is 110 Å². The third kappa shape index (κ3) is 9.04. The molecule has 0 radical (unpaired) electrons. The molecule has 4 aliphatic rings. The van der Waals surface area contributed by atoms with Crippen LogP contribution >= 0.6 is 0 Å². The fourth-order valence-corrected chi connectivity index (χ4v) is 10.5. The molecule has 3 saturated heterocycles. The second kappa shape index (κ2) is 16.7. The molecule has 7 rings (SSSR count). The number of aromatic nitrogens is 3. The fourth-order valence-electron chi connectivity index (χ4n) is 9.45. The number of nitrogens with zero attached hydrogens (tertiary/aromatic N) is 6. The van der Waals surface area contributed by atoms with Gasteiger partial charge in [0.25, 0.3) is 0 Å². The van der Waals surface area contributed by atoms with Gasteiger partial charge in [-0.05, 0) is 104 Å². The van der Waals surface area contributed by atoms with Gasteiger partial charge >= 0.3 is 0 Å². The van der Waals surface area contributed by atoms with Crippen LogP contribution in [0.1, 0.15) is 76.1 Å². The summed E-state index contributed by atoms with van der Waals surface area (Å²) >= 11 is 0. The number of nitrogen functional groups attached to an aromatic ring is 1. The van der Waals surface area contributed by atoms with Crippen molar-refractivity contribution in [1.82, 2.24) is 24.8 Å². The Morgan fingerprint density at radius 3 is 2.60 bits per heavy atom. The SMILES string of the molecule is COc1cc(CN(CC2CC3CC(F)C(c4ccc(CCO[Si](C)(C)C(C)(C)C)cn4)C4OCC(C)N(C2)C34)[C@H]2CCCN(c3ccc(N)nc3)C2)ccn1. The number of anilines is 2. The summed E-state index contributed by atoms with van der Waals surface area (Å²) in [5, 5.41) is 0.177. The monoisotopic (exact) mass is 773 g/mol. The molecule has 55 heavy (non-hydrogen) atoms. The first kappa shape index (κ1) is 40.0. The first-order chi connectivity index (χ1) is 26.3. The Bertz CT molecular complexity index is 1710. The number of morpholine rings is 1. The maximum absolute atomic E-state index is 16.6. The summed E-state index contributed by atoms with van der Waals surface area (Å²) < 4.78 is 35.2. The standard InChI is InChI=1S/C43H64FN7O3Si/c1-29-28-53-42-40(37-12-10-30(22-47-37)15-18-54-55(6,7)43(2,3)4)36(44)21-33-19-32(26-51(29)41(33)42)25-50(24-31-14-16-46-39(20-31)52-5)35-9-8-17-49(27-35)34-11-13-38(45)48-23-34/h10-14,16,20,22-23,29,32-33,35-36,40-42H,8-9,15,17-19,21,24-28H2,1-7H3,(H2,45,48)/t29?,32?,33?,35-,36?,40?,41?,42?/m0/s1. The minimum Gasteiger partial charge on any atom is -0.481 e. The van der Waals surface area contributed by atoms with Gasteiger partial charge in [-0.3, -0.25) is 14.8 Å². The average molecular weight is 774 g/mol. The minimum atomic E-state index is -1.81. The van der Waals surface area contributed by atoms with Gasteiger partial charge in [-0.15, -0.1) is 0 Å². The van der Waals surface area contributed by atoms with Crippen molar-refractivity contribution in [2.75, 3.05) is 57.1 Å². The molecule has 10 nitrogen and oxygen atoms in total. The minimum absolute atomic E-state index is 0.177. The molecule has 4 fully saturated rings. The first-order valence-corrected chi connectivity index (χ1v) is 23.5. The highest BCUT2D eigenvalue weighted by atomic mass is 28.4. The third-order valence-electron chi connectivity index (χ3n) is 13.5. The molecular weight excluding hydrogens is 710 g/mol. The number of piperidine rings is 2. The molecule has 1 saturated carbocycles. The second-order valence-corrected chi connectivity index (χ2v) is 23.1. The molecule has 0 aromatic carbocycles. The van der Waals surface area contributed by atoms with E-state index in [2.05, 4.69) is 95.8 Å². The van der Waals surface area contributed by atoms with E-state index in [9.17, 15) is 0 Å². The van der Waals surface area contributed by atoms with Gasteiger partial charge < -0.3 is 24.5 Å². The fraction of sp³-hybridized carbons (Fsp3) is 0.651.